The number of hydrogen-bond acceptors (Lipinski definition) is 0. The van der Waals surface area contributed by atoms with E-state index in [9.17, 15) is 0 Å². The van der Waals surface area contributed by atoms with Gasteiger partial charge in [0, 0.05) is 0 Å². The molecule has 0 heterocycles. The number of allylic oxidation sites excluding steroid dienone is 2. The molecule has 2 aliphatic carbocycles. The highest BCUT2D eigenvalue weighted by Crippen LogP contribution is 2.55. The average Bonchev–Trinajstić information content (AvgIpc) is 2.81. The van der Waals surface area contributed by atoms with E-state index in [0.717, 1.165) is 5.41 Å². The molecule has 0 aromatic rings. The van der Waals surface area contributed by atoms with Gasteiger partial charge in [0.15, 0.2) is 0 Å². The van der Waals surface area contributed by atoms with E-state index in [1.54, 1.807) is 5.57 Å². The van der Waals surface area contributed by atoms with Crippen LogP contribution in [0, 0.1) is 5.41 Å². The minimum atomic E-state index is 0.833. The molecule has 0 saturated heterocycles. The monoisotopic (exact) mass is 152 g/mol. The third-order valence-corrected chi connectivity index (χ3v) is 2.89. The highest BCUT2D eigenvalue weighted by molar-refractivity contribution is 5.11. The lowest BCUT2D eigenvalue weighted by atomic mass is 9.88. The predicted molar refractivity (Wildman–Crippen MR) is 50.6 cm³/mol. The molecule has 0 atom stereocenters. The first kappa shape index (κ1) is 8.83. The van der Waals surface area contributed by atoms with Crippen LogP contribution in [0.25, 0.3) is 0 Å². The first-order valence-electron chi connectivity index (χ1n) is 4.96. The summed E-state index contributed by atoms with van der Waals surface area (Å²) in [6.07, 6.45) is 9.71. The zero-order valence-corrected chi connectivity index (χ0v) is 8.11. The molecule has 0 aliphatic heterocycles. The second-order valence-electron chi connectivity index (χ2n) is 3.75. The van der Waals surface area contributed by atoms with E-state index in [2.05, 4.69) is 13.0 Å². The molecule has 2 aliphatic rings. The van der Waals surface area contributed by atoms with Crippen molar-refractivity contribution in [2.45, 2.75) is 52.9 Å². The van der Waals surface area contributed by atoms with Gasteiger partial charge in [0.05, 0.1) is 0 Å². The van der Waals surface area contributed by atoms with Crippen molar-refractivity contribution >= 4 is 0 Å². The molecule has 0 radical (unpaired) electrons. The molecule has 1 fully saturated rings. The topological polar surface area (TPSA) is 0 Å². The number of rotatable bonds is 0. The molecule has 0 bridgehead atoms. The summed E-state index contributed by atoms with van der Waals surface area (Å²) in [5, 5.41) is 0. The Morgan fingerprint density at radius 1 is 1.18 bits per heavy atom. The van der Waals surface area contributed by atoms with Crippen molar-refractivity contribution in [3.63, 3.8) is 0 Å². The van der Waals surface area contributed by atoms with Gasteiger partial charge in [-0.25, -0.2) is 0 Å². The summed E-state index contributed by atoms with van der Waals surface area (Å²) in [6.45, 7) is 6.26. The van der Waals surface area contributed by atoms with E-state index in [0.29, 0.717) is 0 Å². The van der Waals surface area contributed by atoms with Crippen molar-refractivity contribution in [2.24, 2.45) is 5.41 Å². The minimum Gasteiger partial charge on any atom is -0.0851 e. The van der Waals surface area contributed by atoms with Crippen molar-refractivity contribution in [3.8, 4) is 0 Å². The Hall–Kier alpha value is -0.260. The quantitative estimate of drug-likeness (QED) is 0.461. The fraction of sp³-hybridized carbons (Fsp3) is 0.818. The van der Waals surface area contributed by atoms with E-state index >= 15 is 0 Å². The van der Waals surface area contributed by atoms with Gasteiger partial charge in [0.1, 0.15) is 0 Å². The van der Waals surface area contributed by atoms with E-state index in [1.807, 2.05) is 13.8 Å². The molecule has 0 N–H and O–H groups in total. The molecule has 0 unspecified atom stereocenters. The van der Waals surface area contributed by atoms with Gasteiger partial charge in [-0.3, -0.25) is 0 Å². The summed E-state index contributed by atoms with van der Waals surface area (Å²) in [4.78, 5) is 0. The fourth-order valence-corrected chi connectivity index (χ4v) is 1.69. The van der Waals surface area contributed by atoms with Crippen molar-refractivity contribution in [2.75, 3.05) is 0 Å². The van der Waals surface area contributed by atoms with Crippen LogP contribution in [0.2, 0.25) is 0 Å². The van der Waals surface area contributed by atoms with Crippen molar-refractivity contribution < 1.29 is 0 Å². The lowest BCUT2D eigenvalue weighted by Gasteiger charge is -2.18. The Morgan fingerprint density at radius 3 is 2.18 bits per heavy atom. The highest BCUT2D eigenvalue weighted by atomic mass is 14.5. The van der Waals surface area contributed by atoms with E-state index in [1.165, 1.54) is 32.1 Å². The van der Waals surface area contributed by atoms with Crippen LogP contribution in [-0.2, 0) is 0 Å². The normalized spacial score (nSPS) is 25.2. The Morgan fingerprint density at radius 2 is 1.82 bits per heavy atom. The SMILES string of the molecule is CC.CC1=CCC2(CC1)CC2. The third-order valence-electron chi connectivity index (χ3n) is 2.89. The van der Waals surface area contributed by atoms with Crippen LogP contribution >= 0.6 is 0 Å². The first-order chi connectivity index (χ1) is 5.31. The maximum atomic E-state index is 2.44. The summed E-state index contributed by atoms with van der Waals surface area (Å²) in [7, 11) is 0. The van der Waals surface area contributed by atoms with Crippen LogP contribution in [0.3, 0.4) is 0 Å². The summed E-state index contributed by atoms with van der Waals surface area (Å²) >= 11 is 0. The van der Waals surface area contributed by atoms with Crippen molar-refractivity contribution in [3.05, 3.63) is 11.6 Å². The second kappa shape index (κ2) is 3.42. The summed E-state index contributed by atoms with van der Waals surface area (Å²) in [5.41, 5.74) is 2.45. The standard InChI is InChI=1S/C9H14.C2H6/c1-8-2-4-9(5-3-8)6-7-9;1-2/h2H,3-7H2,1H3;1-2H3. The van der Waals surface area contributed by atoms with E-state index < -0.39 is 0 Å². The van der Waals surface area contributed by atoms with E-state index in [-0.39, 0.29) is 0 Å². The molecule has 2 rings (SSSR count). The molecular formula is C11H20. The lowest BCUT2D eigenvalue weighted by molar-refractivity contribution is 0.450. The second-order valence-corrected chi connectivity index (χ2v) is 3.75. The van der Waals surface area contributed by atoms with Gasteiger partial charge >= 0.3 is 0 Å². The molecule has 0 aromatic carbocycles. The average molecular weight is 152 g/mol. The van der Waals surface area contributed by atoms with Crippen LogP contribution in [-0.4, -0.2) is 0 Å². The van der Waals surface area contributed by atoms with Crippen LogP contribution < -0.4 is 0 Å². The number of hydrogen-bond donors (Lipinski definition) is 0. The predicted octanol–water partition coefficient (Wildman–Crippen LogP) is 3.92. The maximum absolute atomic E-state index is 2.44. The Balaban J connectivity index is 0.000000281. The summed E-state index contributed by atoms with van der Waals surface area (Å²) < 4.78 is 0. The van der Waals surface area contributed by atoms with Gasteiger partial charge in [0.25, 0.3) is 0 Å². The maximum Gasteiger partial charge on any atom is -0.0259 e. The van der Waals surface area contributed by atoms with Crippen LogP contribution in [0.1, 0.15) is 52.9 Å². The van der Waals surface area contributed by atoms with E-state index in [4.69, 9.17) is 0 Å². The first-order valence-corrected chi connectivity index (χ1v) is 4.96. The molecule has 64 valence electrons. The van der Waals surface area contributed by atoms with Gasteiger partial charge < -0.3 is 0 Å². The Kier molecular flexibility index (Phi) is 2.75. The van der Waals surface area contributed by atoms with Crippen LogP contribution in [0.4, 0.5) is 0 Å². The Labute approximate surface area is 70.7 Å². The smallest absolute Gasteiger partial charge is 0.0259 e. The molecule has 11 heavy (non-hydrogen) atoms. The molecule has 1 saturated carbocycles. The molecule has 0 nitrogen and oxygen atoms in total. The lowest BCUT2D eigenvalue weighted by Crippen LogP contribution is -2.03. The fourth-order valence-electron chi connectivity index (χ4n) is 1.69. The van der Waals surface area contributed by atoms with Gasteiger partial charge in [0.2, 0.25) is 0 Å². The van der Waals surface area contributed by atoms with Crippen LogP contribution in [0.15, 0.2) is 11.6 Å². The zero-order chi connectivity index (χ0) is 8.32. The van der Waals surface area contributed by atoms with Crippen LogP contribution in [0.5, 0.6) is 0 Å². The molecule has 1 spiro atoms. The Bertz CT molecular complexity index is 149. The van der Waals surface area contributed by atoms with Gasteiger partial charge in [-0.2, -0.15) is 0 Å². The molecule has 0 heteroatoms. The molecule has 0 amide bonds. The van der Waals surface area contributed by atoms with Gasteiger partial charge in [-0.05, 0) is 44.4 Å². The van der Waals surface area contributed by atoms with Gasteiger partial charge in [-0.15, -0.1) is 0 Å². The summed E-state index contributed by atoms with van der Waals surface area (Å²) in [6, 6.07) is 0. The zero-order valence-electron chi connectivity index (χ0n) is 8.11. The summed E-state index contributed by atoms with van der Waals surface area (Å²) in [5.74, 6) is 0. The minimum absolute atomic E-state index is 0.833. The highest BCUT2D eigenvalue weighted by Gasteiger charge is 2.41. The van der Waals surface area contributed by atoms with Crippen molar-refractivity contribution in [1.29, 1.82) is 0 Å². The molecular weight excluding hydrogens is 132 g/mol. The third kappa shape index (κ3) is 2.08. The van der Waals surface area contributed by atoms with Gasteiger partial charge in [-0.1, -0.05) is 25.5 Å². The molecule has 0 aromatic heterocycles. The van der Waals surface area contributed by atoms with Crippen molar-refractivity contribution in [1.82, 2.24) is 0 Å². The largest absolute Gasteiger partial charge is 0.0851 e.